The van der Waals surface area contributed by atoms with Gasteiger partial charge in [-0.2, -0.15) is 5.26 Å². The Kier molecular flexibility index (Phi) is 11.7. The van der Waals surface area contributed by atoms with Crippen LogP contribution in [-0.4, -0.2) is 6.61 Å². The molecule has 1 aliphatic rings. The molecule has 0 bridgehead atoms. The van der Waals surface area contributed by atoms with Crippen LogP contribution in [-0.2, 0) is 0 Å². The lowest BCUT2D eigenvalue weighted by molar-refractivity contribution is 0.223. The number of benzene rings is 2. The van der Waals surface area contributed by atoms with Crippen LogP contribution in [0.2, 0.25) is 0 Å². The maximum absolute atomic E-state index is 9.97. The number of hydrogen-bond acceptors (Lipinski definition) is 2. The van der Waals surface area contributed by atoms with Gasteiger partial charge in [0.1, 0.15) is 5.75 Å². The van der Waals surface area contributed by atoms with Gasteiger partial charge in [-0.15, -0.1) is 0 Å². The molecule has 0 N–H and O–H groups in total. The van der Waals surface area contributed by atoms with Gasteiger partial charge in [0, 0.05) is 0 Å². The van der Waals surface area contributed by atoms with Crippen LogP contribution in [0.5, 0.6) is 5.75 Å². The SMILES string of the molecule is CCCCCCCCCC1(C#N)CCC(c2ccc(-c3ccc(OCCCCC)cc3)cc2)CC1. The van der Waals surface area contributed by atoms with Crippen molar-refractivity contribution < 1.29 is 4.74 Å². The average molecular weight is 474 g/mol. The number of nitriles is 1. The molecule has 0 saturated heterocycles. The second kappa shape index (κ2) is 15.0. The van der Waals surface area contributed by atoms with Crippen LogP contribution in [0, 0.1) is 16.7 Å². The minimum absolute atomic E-state index is 0.0692. The molecule has 2 aromatic rings. The molecule has 0 radical (unpaired) electrons. The maximum Gasteiger partial charge on any atom is 0.119 e. The van der Waals surface area contributed by atoms with E-state index in [1.54, 1.807) is 0 Å². The van der Waals surface area contributed by atoms with Crippen LogP contribution in [0.1, 0.15) is 122 Å². The van der Waals surface area contributed by atoms with Crippen LogP contribution in [0.4, 0.5) is 0 Å². The first-order chi connectivity index (χ1) is 17.2. The topological polar surface area (TPSA) is 33.0 Å². The molecule has 190 valence electrons. The number of nitrogens with zero attached hydrogens (tertiary/aromatic N) is 1. The van der Waals surface area contributed by atoms with Crippen LogP contribution in [0.3, 0.4) is 0 Å². The van der Waals surface area contributed by atoms with Crippen molar-refractivity contribution in [3.63, 3.8) is 0 Å². The van der Waals surface area contributed by atoms with Gasteiger partial charge in [-0.25, -0.2) is 0 Å². The fraction of sp³-hybridized carbons (Fsp3) is 0.606. The van der Waals surface area contributed by atoms with Gasteiger partial charge in [0.05, 0.1) is 18.1 Å². The third kappa shape index (κ3) is 8.71. The van der Waals surface area contributed by atoms with Gasteiger partial charge in [0.15, 0.2) is 0 Å². The second-order valence-electron chi connectivity index (χ2n) is 10.7. The third-order valence-corrected chi connectivity index (χ3v) is 8.03. The molecular formula is C33H47NO. The maximum atomic E-state index is 9.97. The first kappa shape index (κ1) is 27.3. The lowest BCUT2D eigenvalue weighted by atomic mass is 9.67. The highest BCUT2D eigenvalue weighted by atomic mass is 16.5. The molecule has 0 aliphatic heterocycles. The minimum atomic E-state index is -0.0692. The van der Waals surface area contributed by atoms with E-state index in [9.17, 15) is 5.26 Å². The molecule has 0 atom stereocenters. The van der Waals surface area contributed by atoms with E-state index in [0.717, 1.165) is 50.9 Å². The molecule has 3 rings (SSSR count). The predicted molar refractivity (Wildman–Crippen MR) is 149 cm³/mol. The Morgan fingerprint density at radius 1 is 0.743 bits per heavy atom. The van der Waals surface area contributed by atoms with Crippen LogP contribution >= 0.6 is 0 Å². The summed E-state index contributed by atoms with van der Waals surface area (Å²) in [6.45, 7) is 5.28. The van der Waals surface area contributed by atoms with E-state index >= 15 is 0 Å². The average Bonchev–Trinajstić information content (AvgIpc) is 2.91. The summed E-state index contributed by atoms with van der Waals surface area (Å²) in [4.78, 5) is 0. The Labute approximate surface area is 215 Å². The fourth-order valence-electron chi connectivity index (χ4n) is 5.58. The first-order valence-corrected chi connectivity index (χ1v) is 14.4. The van der Waals surface area contributed by atoms with E-state index < -0.39 is 0 Å². The minimum Gasteiger partial charge on any atom is -0.494 e. The molecule has 0 unspecified atom stereocenters. The van der Waals surface area contributed by atoms with Crippen molar-refractivity contribution in [1.82, 2.24) is 0 Å². The van der Waals surface area contributed by atoms with Crippen molar-refractivity contribution in [1.29, 1.82) is 5.26 Å². The van der Waals surface area contributed by atoms with Crippen molar-refractivity contribution in [3.05, 3.63) is 54.1 Å². The quantitative estimate of drug-likeness (QED) is 0.241. The predicted octanol–water partition coefficient (Wildman–Crippen LogP) is 10.2. The van der Waals surface area contributed by atoms with Gasteiger partial charge in [0.25, 0.3) is 0 Å². The zero-order valence-electron chi connectivity index (χ0n) is 22.4. The summed E-state index contributed by atoms with van der Waals surface area (Å²) in [7, 11) is 0. The number of ether oxygens (including phenoxy) is 1. The second-order valence-corrected chi connectivity index (χ2v) is 10.7. The van der Waals surface area contributed by atoms with Crippen LogP contribution < -0.4 is 4.74 Å². The van der Waals surface area contributed by atoms with Gasteiger partial charge in [-0.1, -0.05) is 108 Å². The van der Waals surface area contributed by atoms with Crippen molar-refractivity contribution in [2.24, 2.45) is 5.41 Å². The summed E-state index contributed by atoms with van der Waals surface area (Å²) in [5.74, 6) is 1.56. The summed E-state index contributed by atoms with van der Waals surface area (Å²) in [5.41, 5.74) is 3.86. The van der Waals surface area contributed by atoms with Gasteiger partial charge in [0.2, 0.25) is 0 Å². The highest BCUT2D eigenvalue weighted by Gasteiger charge is 2.35. The van der Waals surface area contributed by atoms with Gasteiger partial charge < -0.3 is 4.74 Å². The van der Waals surface area contributed by atoms with E-state index in [0.29, 0.717) is 5.92 Å². The van der Waals surface area contributed by atoms with E-state index in [2.05, 4.69) is 68.4 Å². The summed E-state index contributed by atoms with van der Waals surface area (Å²) < 4.78 is 5.85. The van der Waals surface area contributed by atoms with Crippen molar-refractivity contribution in [2.45, 2.75) is 116 Å². The molecule has 0 heterocycles. The van der Waals surface area contributed by atoms with Crippen molar-refractivity contribution in [3.8, 4) is 22.9 Å². The molecule has 2 aromatic carbocycles. The summed E-state index contributed by atoms with van der Waals surface area (Å²) >= 11 is 0. The van der Waals surface area contributed by atoms with E-state index in [1.807, 2.05) is 0 Å². The zero-order chi connectivity index (χ0) is 24.8. The largest absolute Gasteiger partial charge is 0.494 e. The Balaban J connectivity index is 1.45. The molecule has 1 fully saturated rings. The van der Waals surface area contributed by atoms with Gasteiger partial charge >= 0.3 is 0 Å². The molecule has 0 spiro atoms. The molecule has 2 heteroatoms. The van der Waals surface area contributed by atoms with Gasteiger partial charge in [-0.05, 0) is 73.3 Å². The highest BCUT2D eigenvalue weighted by Crippen LogP contribution is 2.46. The molecular weight excluding hydrogens is 426 g/mol. The standard InChI is InChI=1S/C33H47NO/c1-3-5-7-8-9-10-11-23-33(27-34)24-21-31(22-25-33)29-15-13-28(14-16-29)30-17-19-32(20-18-30)35-26-12-6-4-2/h13-20,31H,3-12,21-26H2,1-2H3. The van der Waals surface area contributed by atoms with Crippen LogP contribution in [0.25, 0.3) is 11.1 Å². The highest BCUT2D eigenvalue weighted by molar-refractivity contribution is 5.64. The van der Waals surface area contributed by atoms with E-state index in [1.165, 1.54) is 74.5 Å². The number of unbranched alkanes of at least 4 members (excludes halogenated alkanes) is 8. The lowest BCUT2D eigenvalue weighted by Gasteiger charge is -2.35. The summed E-state index contributed by atoms with van der Waals surface area (Å²) in [6.07, 6.45) is 18.3. The van der Waals surface area contributed by atoms with Crippen molar-refractivity contribution in [2.75, 3.05) is 6.61 Å². The van der Waals surface area contributed by atoms with Gasteiger partial charge in [-0.3, -0.25) is 0 Å². The zero-order valence-corrected chi connectivity index (χ0v) is 22.4. The van der Waals surface area contributed by atoms with Crippen LogP contribution in [0.15, 0.2) is 48.5 Å². The molecule has 2 nitrogen and oxygen atoms in total. The smallest absolute Gasteiger partial charge is 0.119 e. The Morgan fingerprint density at radius 3 is 1.89 bits per heavy atom. The van der Waals surface area contributed by atoms with E-state index in [-0.39, 0.29) is 5.41 Å². The number of hydrogen-bond donors (Lipinski definition) is 0. The Morgan fingerprint density at radius 2 is 1.29 bits per heavy atom. The Hall–Kier alpha value is -2.27. The molecule has 35 heavy (non-hydrogen) atoms. The molecule has 1 aliphatic carbocycles. The summed E-state index contributed by atoms with van der Waals surface area (Å²) in [5, 5.41) is 9.97. The first-order valence-electron chi connectivity index (χ1n) is 14.4. The lowest BCUT2D eigenvalue weighted by Crippen LogP contribution is -2.25. The summed E-state index contributed by atoms with van der Waals surface area (Å²) in [6, 6.07) is 20.4. The molecule has 0 amide bonds. The van der Waals surface area contributed by atoms with E-state index in [4.69, 9.17) is 4.74 Å². The van der Waals surface area contributed by atoms with Crippen molar-refractivity contribution >= 4 is 0 Å². The monoisotopic (exact) mass is 473 g/mol. The Bertz CT molecular complexity index is 869. The molecule has 0 aromatic heterocycles. The normalized spacial score (nSPS) is 19.9. The fourth-order valence-corrected chi connectivity index (χ4v) is 5.58. The molecule has 1 saturated carbocycles. The third-order valence-electron chi connectivity index (χ3n) is 8.03. The number of rotatable bonds is 15.